The highest BCUT2D eigenvalue weighted by molar-refractivity contribution is 7.18. The van der Waals surface area contributed by atoms with E-state index in [9.17, 15) is 14.4 Å². The number of carbonyl (C=O) groups excluding carboxylic acids is 3. The second kappa shape index (κ2) is 9.49. The molecule has 30 heavy (non-hydrogen) atoms. The van der Waals surface area contributed by atoms with Crippen LogP contribution in [0, 0.1) is 0 Å². The van der Waals surface area contributed by atoms with Gasteiger partial charge in [0.05, 0.1) is 21.3 Å². The number of hydrogen-bond donors (Lipinski definition) is 3. The summed E-state index contributed by atoms with van der Waals surface area (Å²) in [7, 11) is 0. The number of benzene rings is 2. The lowest BCUT2D eigenvalue weighted by Crippen LogP contribution is -2.18. The molecular formula is C20H14Cl3N3O3S. The number of hydrogen-bond acceptors (Lipinski definition) is 4. The molecule has 154 valence electrons. The third-order valence-corrected chi connectivity index (χ3v) is 5.72. The zero-order chi connectivity index (χ0) is 21.8. The van der Waals surface area contributed by atoms with Crippen molar-refractivity contribution >= 4 is 80.2 Å². The summed E-state index contributed by atoms with van der Waals surface area (Å²) >= 11 is 19.0. The van der Waals surface area contributed by atoms with Gasteiger partial charge in [0.1, 0.15) is 4.88 Å². The van der Waals surface area contributed by atoms with Gasteiger partial charge in [-0.1, -0.05) is 34.8 Å². The summed E-state index contributed by atoms with van der Waals surface area (Å²) in [5.41, 5.74) is 0.949. The highest BCUT2D eigenvalue weighted by Gasteiger charge is 2.19. The first-order valence-corrected chi connectivity index (χ1v) is 10.4. The lowest BCUT2D eigenvalue weighted by atomic mass is 10.1. The maximum atomic E-state index is 12.8. The van der Waals surface area contributed by atoms with Gasteiger partial charge < -0.3 is 16.0 Å². The van der Waals surface area contributed by atoms with Crippen molar-refractivity contribution in [3.8, 4) is 0 Å². The van der Waals surface area contributed by atoms with Crippen LogP contribution in [0.15, 0.2) is 48.5 Å². The van der Waals surface area contributed by atoms with Crippen molar-refractivity contribution in [2.24, 2.45) is 0 Å². The average Bonchev–Trinajstić information content (AvgIpc) is 3.04. The summed E-state index contributed by atoms with van der Waals surface area (Å²) in [4.78, 5) is 36.9. The van der Waals surface area contributed by atoms with Gasteiger partial charge in [-0.2, -0.15) is 0 Å². The van der Waals surface area contributed by atoms with Gasteiger partial charge in [-0.25, -0.2) is 0 Å². The molecule has 0 bridgehead atoms. The predicted octanol–water partition coefficient (Wildman–Crippen LogP) is 6.17. The van der Waals surface area contributed by atoms with Crippen molar-refractivity contribution in [1.82, 2.24) is 0 Å². The van der Waals surface area contributed by atoms with Crippen molar-refractivity contribution in [3.63, 3.8) is 0 Å². The van der Waals surface area contributed by atoms with Crippen LogP contribution in [0.1, 0.15) is 27.0 Å². The number of rotatable bonds is 5. The fraction of sp³-hybridized carbons (Fsp3) is 0.0500. The van der Waals surface area contributed by atoms with E-state index in [4.69, 9.17) is 34.8 Å². The Balaban J connectivity index is 1.83. The van der Waals surface area contributed by atoms with Crippen molar-refractivity contribution in [2.45, 2.75) is 6.92 Å². The number of thiophene rings is 1. The molecule has 0 aliphatic heterocycles. The second-order valence-electron chi connectivity index (χ2n) is 6.07. The Kier molecular flexibility index (Phi) is 6.99. The quantitative estimate of drug-likeness (QED) is 0.406. The lowest BCUT2D eigenvalue weighted by Gasteiger charge is -2.12. The second-order valence-corrected chi connectivity index (χ2v) is 8.41. The van der Waals surface area contributed by atoms with Crippen LogP contribution in [0.4, 0.5) is 16.4 Å². The fourth-order valence-corrected chi connectivity index (χ4v) is 4.05. The number of nitrogens with one attached hydrogen (secondary N) is 3. The van der Waals surface area contributed by atoms with Gasteiger partial charge in [-0.3, -0.25) is 14.4 Å². The van der Waals surface area contributed by atoms with Gasteiger partial charge in [-0.05, 0) is 48.5 Å². The largest absolute Gasteiger partial charge is 0.322 e. The first-order chi connectivity index (χ1) is 14.2. The van der Waals surface area contributed by atoms with E-state index in [-0.39, 0.29) is 27.1 Å². The Hall–Kier alpha value is -2.58. The molecule has 6 nitrogen and oxygen atoms in total. The van der Waals surface area contributed by atoms with Crippen LogP contribution < -0.4 is 16.0 Å². The molecule has 3 rings (SSSR count). The smallest absolute Gasteiger partial charge is 0.267 e. The maximum absolute atomic E-state index is 12.8. The van der Waals surface area contributed by atoms with Crippen molar-refractivity contribution in [2.75, 3.05) is 16.0 Å². The average molecular weight is 483 g/mol. The molecule has 0 saturated heterocycles. The SMILES string of the molecule is CC(=O)Nc1cc(Cl)c(C(=O)Nc2ccc(Cl)cc2C(=O)Nc2ccc(Cl)cc2)s1. The van der Waals surface area contributed by atoms with Crippen LogP contribution >= 0.6 is 46.1 Å². The van der Waals surface area contributed by atoms with Crippen LogP contribution in [-0.4, -0.2) is 17.7 Å². The maximum Gasteiger partial charge on any atom is 0.267 e. The molecule has 3 amide bonds. The van der Waals surface area contributed by atoms with Gasteiger partial charge >= 0.3 is 0 Å². The van der Waals surface area contributed by atoms with Crippen molar-refractivity contribution in [3.05, 3.63) is 74.0 Å². The first-order valence-electron chi connectivity index (χ1n) is 8.47. The summed E-state index contributed by atoms with van der Waals surface area (Å²) in [5.74, 6) is -1.27. The molecule has 1 aromatic heterocycles. The van der Waals surface area contributed by atoms with Crippen LogP contribution in [-0.2, 0) is 4.79 Å². The molecule has 0 atom stereocenters. The van der Waals surface area contributed by atoms with Gasteiger partial charge in [0.25, 0.3) is 11.8 Å². The molecule has 3 aromatic rings. The van der Waals surface area contributed by atoms with Crippen LogP contribution in [0.25, 0.3) is 0 Å². The Morgan fingerprint density at radius 3 is 2.13 bits per heavy atom. The normalized spacial score (nSPS) is 10.4. The summed E-state index contributed by atoms with van der Waals surface area (Å²) in [5, 5.41) is 9.46. The monoisotopic (exact) mass is 481 g/mol. The molecule has 3 N–H and O–H groups in total. The minimum absolute atomic E-state index is 0.167. The topological polar surface area (TPSA) is 87.3 Å². The van der Waals surface area contributed by atoms with E-state index < -0.39 is 11.8 Å². The minimum Gasteiger partial charge on any atom is -0.322 e. The van der Waals surface area contributed by atoms with E-state index in [1.54, 1.807) is 30.3 Å². The zero-order valence-electron chi connectivity index (χ0n) is 15.4. The van der Waals surface area contributed by atoms with E-state index in [1.807, 2.05) is 0 Å². The van der Waals surface area contributed by atoms with E-state index in [0.29, 0.717) is 20.7 Å². The van der Waals surface area contributed by atoms with Gasteiger partial charge in [0, 0.05) is 22.7 Å². The molecule has 10 heteroatoms. The molecular weight excluding hydrogens is 469 g/mol. The van der Waals surface area contributed by atoms with Crippen LogP contribution in [0.5, 0.6) is 0 Å². The number of halogens is 3. The minimum atomic E-state index is -0.524. The predicted molar refractivity (Wildman–Crippen MR) is 122 cm³/mol. The molecule has 0 radical (unpaired) electrons. The number of anilines is 3. The van der Waals surface area contributed by atoms with E-state index in [0.717, 1.165) is 11.3 Å². The van der Waals surface area contributed by atoms with E-state index in [1.165, 1.54) is 25.1 Å². The van der Waals surface area contributed by atoms with Crippen molar-refractivity contribution in [1.29, 1.82) is 0 Å². The highest BCUT2D eigenvalue weighted by atomic mass is 35.5. The molecule has 0 unspecified atom stereocenters. The summed E-state index contributed by atoms with van der Waals surface area (Å²) in [6, 6.07) is 12.6. The van der Waals surface area contributed by atoms with E-state index in [2.05, 4.69) is 16.0 Å². The highest BCUT2D eigenvalue weighted by Crippen LogP contribution is 2.32. The third-order valence-electron chi connectivity index (χ3n) is 3.77. The fourth-order valence-electron chi connectivity index (χ4n) is 2.48. The van der Waals surface area contributed by atoms with Gasteiger partial charge in [-0.15, -0.1) is 11.3 Å². The first kappa shape index (κ1) is 22.1. The molecule has 0 aliphatic carbocycles. The Morgan fingerprint density at radius 1 is 0.800 bits per heavy atom. The van der Waals surface area contributed by atoms with Gasteiger partial charge in [0.15, 0.2) is 0 Å². The lowest BCUT2D eigenvalue weighted by molar-refractivity contribution is -0.114. The Labute approximate surface area is 191 Å². The summed E-state index contributed by atoms with van der Waals surface area (Å²) < 4.78 is 0. The summed E-state index contributed by atoms with van der Waals surface area (Å²) in [6.07, 6.45) is 0. The molecule has 0 saturated carbocycles. The van der Waals surface area contributed by atoms with Crippen LogP contribution in [0.2, 0.25) is 15.1 Å². The van der Waals surface area contributed by atoms with Crippen LogP contribution in [0.3, 0.4) is 0 Å². The standard InChI is InChI=1S/C20H14Cl3N3O3S/c1-10(27)24-17-9-15(23)18(30-17)20(29)26-16-7-4-12(22)8-14(16)19(28)25-13-5-2-11(21)3-6-13/h2-9H,1H3,(H,24,27)(H,25,28)(H,26,29). The van der Waals surface area contributed by atoms with Crippen molar-refractivity contribution < 1.29 is 14.4 Å². The van der Waals surface area contributed by atoms with E-state index >= 15 is 0 Å². The number of carbonyl (C=O) groups is 3. The Morgan fingerprint density at radius 2 is 1.47 bits per heavy atom. The third kappa shape index (κ3) is 5.52. The molecule has 0 aliphatic rings. The molecule has 2 aromatic carbocycles. The zero-order valence-corrected chi connectivity index (χ0v) is 18.5. The molecule has 0 spiro atoms. The summed E-state index contributed by atoms with van der Waals surface area (Å²) in [6.45, 7) is 1.35. The molecule has 0 fully saturated rings. The Bertz CT molecular complexity index is 1130. The molecule has 1 heterocycles. The number of amides is 3. The van der Waals surface area contributed by atoms with Gasteiger partial charge in [0.2, 0.25) is 5.91 Å².